The summed E-state index contributed by atoms with van der Waals surface area (Å²) < 4.78 is 0. The molecule has 0 atom stereocenters. The van der Waals surface area contributed by atoms with E-state index < -0.39 is 11.9 Å². The number of dihydropyridines is 1. The Morgan fingerprint density at radius 2 is 2.00 bits per heavy atom. The van der Waals surface area contributed by atoms with E-state index in [2.05, 4.69) is 5.32 Å². The molecule has 5 nitrogen and oxygen atoms in total. The molecule has 0 spiro atoms. The Bertz CT molecular complexity index is 327. The molecule has 1 heterocycles. The monoisotopic (exact) mass is 183 g/mol. The van der Waals surface area contributed by atoms with E-state index >= 15 is 0 Å². The van der Waals surface area contributed by atoms with E-state index in [0.29, 0.717) is 5.70 Å². The normalized spacial score (nSPS) is 16.2. The Morgan fingerprint density at radius 3 is 2.46 bits per heavy atom. The van der Waals surface area contributed by atoms with Crippen molar-refractivity contribution in [2.24, 2.45) is 0 Å². The lowest BCUT2D eigenvalue weighted by Crippen LogP contribution is -2.20. The average molecular weight is 183 g/mol. The summed E-state index contributed by atoms with van der Waals surface area (Å²) in [6.45, 7) is 1.60. The van der Waals surface area contributed by atoms with Gasteiger partial charge in [0.1, 0.15) is 0 Å². The second-order valence-corrected chi connectivity index (χ2v) is 2.70. The fraction of sp³-hybridized carbons (Fsp3) is 0.250. The van der Waals surface area contributed by atoms with Crippen LogP contribution in [-0.2, 0) is 9.59 Å². The van der Waals surface area contributed by atoms with Crippen LogP contribution in [0.3, 0.4) is 0 Å². The van der Waals surface area contributed by atoms with E-state index in [1.807, 2.05) is 0 Å². The topological polar surface area (TPSA) is 86.6 Å². The van der Waals surface area contributed by atoms with Crippen molar-refractivity contribution in [3.05, 3.63) is 23.0 Å². The molecule has 0 aliphatic carbocycles. The van der Waals surface area contributed by atoms with E-state index in [4.69, 9.17) is 10.2 Å². The van der Waals surface area contributed by atoms with Crippen molar-refractivity contribution in [1.29, 1.82) is 0 Å². The quantitative estimate of drug-likeness (QED) is 0.573. The smallest absolute Gasteiger partial charge is 0.333 e. The van der Waals surface area contributed by atoms with Gasteiger partial charge >= 0.3 is 11.9 Å². The Kier molecular flexibility index (Phi) is 2.36. The van der Waals surface area contributed by atoms with Gasteiger partial charge < -0.3 is 15.5 Å². The summed E-state index contributed by atoms with van der Waals surface area (Å²) in [6.07, 6.45) is 1.27. The molecule has 3 N–H and O–H groups in total. The lowest BCUT2D eigenvalue weighted by molar-refractivity contribution is -0.133. The number of carboxylic acid groups (broad SMARTS) is 2. The zero-order valence-electron chi connectivity index (χ0n) is 7.00. The van der Waals surface area contributed by atoms with E-state index in [-0.39, 0.29) is 17.6 Å². The molecule has 13 heavy (non-hydrogen) atoms. The van der Waals surface area contributed by atoms with Crippen LogP contribution in [0.1, 0.15) is 13.3 Å². The first kappa shape index (κ1) is 9.31. The van der Waals surface area contributed by atoms with Crippen LogP contribution in [0.15, 0.2) is 23.0 Å². The van der Waals surface area contributed by atoms with Crippen molar-refractivity contribution in [3.8, 4) is 0 Å². The van der Waals surface area contributed by atoms with Gasteiger partial charge in [0.25, 0.3) is 0 Å². The summed E-state index contributed by atoms with van der Waals surface area (Å²) in [5.41, 5.74) is 0.639. The van der Waals surface area contributed by atoms with Gasteiger partial charge in [0.2, 0.25) is 0 Å². The molecule has 0 radical (unpaired) electrons. The Morgan fingerprint density at radius 1 is 1.38 bits per heavy atom. The largest absolute Gasteiger partial charge is 0.478 e. The van der Waals surface area contributed by atoms with Gasteiger partial charge in [-0.3, -0.25) is 0 Å². The summed E-state index contributed by atoms with van der Waals surface area (Å²) >= 11 is 0. The maximum absolute atomic E-state index is 10.6. The molecule has 0 fully saturated rings. The molecule has 0 amide bonds. The van der Waals surface area contributed by atoms with Crippen LogP contribution in [0.4, 0.5) is 0 Å². The zero-order chi connectivity index (χ0) is 10.0. The number of rotatable bonds is 2. The highest BCUT2D eigenvalue weighted by Crippen LogP contribution is 2.18. The third-order valence-corrected chi connectivity index (χ3v) is 1.82. The number of carbonyl (C=O) groups is 2. The third kappa shape index (κ3) is 1.87. The highest BCUT2D eigenvalue weighted by molar-refractivity contribution is 5.94. The zero-order valence-corrected chi connectivity index (χ0v) is 7.00. The van der Waals surface area contributed by atoms with Crippen LogP contribution in [-0.4, -0.2) is 22.2 Å². The molecule has 1 rings (SSSR count). The highest BCUT2D eigenvalue weighted by Gasteiger charge is 2.20. The van der Waals surface area contributed by atoms with Crippen LogP contribution in [0.5, 0.6) is 0 Å². The molecule has 0 aromatic rings. The predicted molar refractivity (Wildman–Crippen MR) is 43.8 cm³/mol. The molecule has 0 saturated heterocycles. The number of aliphatic carboxylic acids is 2. The Balaban J connectivity index is 2.88. The van der Waals surface area contributed by atoms with Crippen LogP contribution >= 0.6 is 0 Å². The molecule has 5 heteroatoms. The lowest BCUT2D eigenvalue weighted by atomic mass is 10.0. The molecule has 0 aromatic carbocycles. The number of allylic oxidation sites excluding steroid dienone is 1. The Labute approximate surface area is 74.4 Å². The Hall–Kier alpha value is -1.78. The minimum atomic E-state index is -1.10. The number of hydrogen-bond acceptors (Lipinski definition) is 3. The van der Waals surface area contributed by atoms with E-state index in [0.717, 1.165) is 0 Å². The van der Waals surface area contributed by atoms with Gasteiger partial charge in [0, 0.05) is 18.3 Å². The molecule has 0 unspecified atom stereocenters. The van der Waals surface area contributed by atoms with Crippen LogP contribution in [0, 0.1) is 0 Å². The fourth-order valence-electron chi connectivity index (χ4n) is 1.03. The van der Waals surface area contributed by atoms with Crippen molar-refractivity contribution in [2.45, 2.75) is 13.3 Å². The van der Waals surface area contributed by atoms with Crippen molar-refractivity contribution >= 4 is 11.9 Å². The lowest BCUT2D eigenvalue weighted by Gasteiger charge is -2.14. The van der Waals surface area contributed by atoms with E-state index in [1.54, 1.807) is 6.92 Å². The van der Waals surface area contributed by atoms with Crippen molar-refractivity contribution in [1.82, 2.24) is 5.32 Å². The second-order valence-electron chi connectivity index (χ2n) is 2.70. The molecular formula is C8H9NO4. The van der Waals surface area contributed by atoms with Gasteiger partial charge in [-0.1, -0.05) is 0 Å². The summed E-state index contributed by atoms with van der Waals surface area (Å²) in [7, 11) is 0. The number of carboxylic acids is 2. The van der Waals surface area contributed by atoms with E-state index in [1.165, 1.54) is 6.20 Å². The number of nitrogens with one attached hydrogen (secondary N) is 1. The van der Waals surface area contributed by atoms with Crippen molar-refractivity contribution in [3.63, 3.8) is 0 Å². The van der Waals surface area contributed by atoms with E-state index in [9.17, 15) is 9.59 Å². The first-order chi connectivity index (χ1) is 6.02. The second kappa shape index (κ2) is 3.30. The first-order valence-electron chi connectivity index (χ1n) is 3.64. The standard InChI is InChI=1S/C8H9NO4/c1-4-6(8(12)13)2-5(3-9-4)7(10)11/h3,9H,2H2,1H3,(H,10,11)(H,12,13). The molecule has 0 saturated carbocycles. The predicted octanol–water partition coefficient (Wildman–Crippen LogP) is 0.307. The van der Waals surface area contributed by atoms with Gasteiger partial charge in [-0.25, -0.2) is 9.59 Å². The number of hydrogen-bond donors (Lipinski definition) is 3. The van der Waals surface area contributed by atoms with Crippen LogP contribution in [0.2, 0.25) is 0 Å². The summed E-state index contributed by atoms with van der Waals surface area (Å²) in [6, 6.07) is 0. The molecule has 70 valence electrons. The molecule has 0 bridgehead atoms. The van der Waals surface area contributed by atoms with Gasteiger partial charge in [-0.15, -0.1) is 0 Å². The highest BCUT2D eigenvalue weighted by atomic mass is 16.4. The van der Waals surface area contributed by atoms with Gasteiger partial charge in [-0.05, 0) is 6.92 Å². The molecule has 0 aromatic heterocycles. The third-order valence-electron chi connectivity index (χ3n) is 1.82. The van der Waals surface area contributed by atoms with Crippen LogP contribution in [0.25, 0.3) is 0 Å². The van der Waals surface area contributed by atoms with Crippen LogP contribution < -0.4 is 5.32 Å². The van der Waals surface area contributed by atoms with Gasteiger partial charge in [0.15, 0.2) is 0 Å². The van der Waals surface area contributed by atoms with Crippen molar-refractivity contribution in [2.75, 3.05) is 0 Å². The first-order valence-corrected chi connectivity index (χ1v) is 3.64. The summed E-state index contributed by atoms with van der Waals surface area (Å²) in [5.74, 6) is -2.18. The minimum absolute atomic E-state index is 0.0382. The summed E-state index contributed by atoms with van der Waals surface area (Å²) in [4.78, 5) is 21.1. The fourth-order valence-corrected chi connectivity index (χ4v) is 1.03. The maximum atomic E-state index is 10.6. The minimum Gasteiger partial charge on any atom is -0.478 e. The molecule has 1 aliphatic rings. The van der Waals surface area contributed by atoms with Crippen molar-refractivity contribution < 1.29 is 19.8 Å². The van der Waals surface area contributed by atoms with Gasteiger partial charge in [0.05, 0.1) is 11.1 Å². The molecular weight excluding hydrogens is 174 g/mol. The average Bonchev–Trinajstić information content (AvgIpc) is 2.04. The molecule has 1 aliphatic heterocycles. The SMILES string of the molecule is CC1=C(C(=O)O)CC(C(=O)O)=CN1. The summed E-state index contributed by atoms with van der Waals surface area (Å²) in [5, 5.41) is 19.9. The van der Waals surface area contributed by atoms with Gasteiger partial charge in [-0.2, -0.15) is 0 Å². The maximum Gasteiger partial charge on any atom is 0.333 e.